The molecule has 1 atom stereocenters. The van der Waals surface area contributed by atoms with Gasteiger partial charge in [0.1, 0.15) is 18.8 Å². The molecular formula is C25H27ClN2O5. The van der Waals surface area contributed by atoms with Gasteiger partial charge in [-0.05, 0) is 30.2 Å². The summed E-state index contributed by atoms with van der Waals surface area (Å²) in [7, 11) is 1.48. The average Bonchev–Trinajstić information content (AvgIpc) is 3.08. The molecule has 0 bridgehead atoms. The highest BCUT2D eigenvalue weighted by molar-refractivity contribution is 6.46. The predicted octanol–water partition coefficient (Wildman–Crippen LogP) is 0.796. The first-order valence-corrected chi connectivity index (χ1v) is 11.4. The Kier molecular flexibility index (Phi) is 7.02. The predicted molar refractivity (Wildman–Crippen MR) is 122 cm³/mol. The van der Waals surface area contributed by atoms with Crippen molar-refractivity contribution in [2.75, 3.05) is 46.5 Å². The maximum atomic E-state index is 13.5. The van der Waals surface area contributed by atoms with Crippen molar-refractivity contribution in [3.05, 3.63) is 69.8 Å². The van der Waals surface area contributed by atoms with E-state index in [0.29, 0.717) is 32.1 Å². The molecule has 33 heavy (non-hydrogen) atoms. The van der Waals surface area contributed by atoms with Crippen LogP contribution in [0.3, 0.4) is 0 Å². The van der Waals surface area contributed by atoms with Gasteiger partial charge in [-0.25, -0.2) is 0 Å². The van der Waals surface area contributed by atoms with Gasteiger partial charge in [-0.2, -0.15) is 0 Å². The number of hydrogen-bond acceptors (Lipinski definition) is 5. The number of halogens is 1. The number of Topliss-reactive ketones (excluding diaryl/α,β-unsaturated/α-hetero) is 1. The third kappa shape index (κ3) is 4.76. The van der Waals surface area contributed by atoms with Crippen LogP contribution in [-0.2, 0) is 14.3 Å². The van der Waals surface area contributed by atoms with Crippen molar-refractivity contribution in [2.24, 2.45) is 0 Å². The number of benzene rings is 2. The van der Waals surface area contributed by atoms with Crippen LogP contribution in [0.4, 0.5) is 0 Å². The largest absolute Gasteiger partial charge is 0.872 e. The minimum absolute atomic E-state index is 0.0398. The molecule has 2 heterocycles. The van der Waals surface area contributed by atoms with Gasteiger partial charge < -0.3 is 24.4 Å². The Morgan fingerprint density at radius 3 is 2.52 bits per heavy atom. The third-order valence-corrected chi connectivity index (χ3v) is 6.54. The molecule has 1 amide bonds. The highest BCUT2D eigenvalue weighted by Crippen LogP contribution is 2.39. The summed E-state index contributed by atoms with van der Waals surface area (Å²) in [5.74, 6) is -1.47. The third-order valence-electron chi connectivity index (χ3n) is 6.24. The average molecular weight is 471 g/mol. The fourth-order valence-electron chi connectivity index (χ4n) is 4.35. The summed E-state index contributed by atoms with van der Waals surface area (Å²) in [4.78, 5) is 29.0. The molecule has 0 saturated carbocycles. The van der Waals surface area contributed by atoms with Gasteiger partial charge in [-0.3, -0.25) is 9.59 Å². The number of ketones is 1. The first-order chi connectivity index (χ1) is 15.9. The number of carbonyl (C=O) groups is 2. The maximum Gasteiger partial charge on any atom is 0.295 e. The standard InChI is InChI=1S/C25H27ClN2O5/c1-16-3-5-17(6-4-16)22-21(23(29)18-7-8-20(32-2)19(26)15-18)24(30)25(31)28(22)10-9-27-11-13-33-14-12-27/h3-8,15,22,29H,9-14H2,1-2H3. The van der Waals surface area contributed by atoms with Gasteiger partial charge in [-0.15, -0.1) is 0 Å². The number of likely N-dealkylation sites (tertiary alicyclic amines) is 1. The van der Waals surface area contributed by atoms with Crippen molar-refractivity contribution in [1.82, 2.24) is 4.90 Å². The summed E-state index contributed by atoms with van der Waals surface area (Å²) in [6.07, 6.45) is 0. The van der Waals surface area contributed by atoms with Crippen molar-refractivity contribution in [3.63, 3.8) is 0 Å². The molecule has 8 heteroatoms. The summed E-state index contributed by atoms with van der Waals surface area (Å²) in [6, 6.07) is 11.5. The van der Waals surface area contributed by atoms with E-state index in [1.54, 1.807) is 12.1 Å². The molecule has 2 fully saturated rings. The zero-order valence-corrected chi connectivity index (χ0v) is 19.5. The minimum atomic E-state index is -0.755. The highest BCUT2D eigenvalue weighted by atomic mass is 35.5. The highest BCUT2D eigenvalue weighted by Gasteiger charge is 2.44. The second-order valence-corrected chi connectivity index (χ2v) is 8.75. The molecule has 1 N–H and O–H groups in total. The van der Waals surface area contributed by atoms with Crippen LogP contribution in [0.25, 0.3) is 5.76 Å². The van der Waals surface area contributed by atoms with E-state index in [0.717, 1.165) is 24.2 Å². The summed E-state index contributed by atoms with van der Waals surface area (Å²) in [6.45, 7) is 6.08. The molecule has 7 nitrogen and oxygen atoms in total. The second kappa shape index (κ2) is 9.95. The fraction of sp³-hybridized carbons (Fsp3) is 0.360. The fourth-order valence-corrected chi connectivity index (χ4v) is 4.61. The first kappa shape index (κ1) is 23.3. The Morgan fingerprint density at radius 2 is 1.88 bits per heavy atom. The van der Waals surface area contributed by atoms with Crippen molar-refractivity contribution in [1.29, 1.82) is 0 Å². The van der Waals surface area contributed by atoms with Gasteiger partial charge in [0.2, 0.25) is 5.78 Å². The smallest absolute Gasteiger partial charge is 0.295 e. The van der Waals surface area contributed by atoms with Gasteiger partial charge in [0.15, 0.2) is 0 Å². The Balaban J connectivity index is 1.74. The van der Waals surface area contributed by atoms with Crippen LogP contribution >= 0.6 is 11.6 Å². The van der Waals surface area contributed by atoms with Crippen LogP contribution < -0.4 is 14.7 Å². The number of hydrogen-bond donors (Lipinski definition) is 1. The number of nitrogens with zero attached hydrogens (tertiary/aromatic N) is 1. The van der Waals surface area contributed by atoms with E-state index in [1.165, 1.54) is 23.0 Å². The zero-order valence-electron chi connectivity index (χ0n) is 18.7. The van der Waals surface area contributed by atoms with Gasteiger partial charge in [-0.1, -0.05) is 53.3 Å². The van der Waals surface area contributed by atoms with Crippen LogP contribution in [-0.4, -0.2) is 63.1 Å². The number of nitrogens with one attached hydrogen (secondary N) is 1. The number of quaternary nitrogens is 1. The normalized spacial score (nSPS) is 20.9. The molecule has 0 spiro atoms. The van der Waals surface area contributed by atoms with Gasteiger partial charge in [0, 0.05) is 5.57 Å². The van der Waals surface area contributed by atoms with Crippen molar-refractivity contribution in [3.8, 4) is 5.75 Å². The number of morpholine rings is 1. The van der Waals surface area contributed by atoms with Crippen molar-refractivity contribution in [2.45, 2.75) is 13.0 Å². The van der Waals surface area contributed by atoms with E-state index in [4.69, 9.17) is 21.1 Å². The lowest BCUT2D eigenvalue weighted by Crippen LogP contribution is -3.14. The zero-order chi connectivity index (χ0) is 23.5. The second-order valence-electron chi connectivity index (χ2n) is 8.35. The van der Waals surface area contributed by atoms with Crippen LogP contribution in [0.15, 0.2) is 48.0 Å². The number of rotatable bonds is 6. The van der Waals surface area contributed by atoms with Gasteiger partial charge >= 0.3 is 0 Å². The van der Waals surface area contributed by atoms with Crippen LogP contribution in [0, 0.1) is 6.92 Å². The molecule has 2 aromatic carbocycles. The maximum absolute atomic E-state index is 13.5. The Bertz CT molecular complexity index is 1080. The van der Waals surface area contributed by atoms with E-state index in [2.05, 4.69) is 0 Å². The number of ether oxygens (including phenoxy) is 2. The van der Waals surface area contributed by atoms with E-state index in [-0.39, 0.29) is 16.2 Å². The van der Waals surface area contributed by atoms with E-state index in [1.807, 2.05) is 31.2 Å². The molecule has 2 aromatic rings. The van der Waals surface area contributed by atoms with Crippen molar-refractivity contribution < 1.29 is 29.1 Å². The lowest BCUT2D eigenvalue weighted by Gasteiger charge is -2.30. The molecular weight excluding hydrogens is 444 g/mol. The number of aryl methyl sites for hydroxylation is 1. The number of carbonyl (C=O) groups excluding carboxylic acids is 2. The van der Waals surface area contributed by atoms with Crippen molar-refractivity contribution >= 4 is 29.1 Å². The summed E-state index contributed by atoms with van der Waals surface area (Å²) in [5.41, 5.74) is 1.99. The topological polar surface area (TPSA) is 83.3 Å². The molecule has 0 aliphatic carbocycles. The number of methoxy groups -OCH3 is 1. The minimum Gasteiger partial charge on any atom is -0.872 e. The summed E-state index contributed by atoms with van der Waals surface area (Å²) < 4.78 is 10.6. The Hall–Kier alpha value is -2.87. The Labute approximate surface area is 198 Å². The monoisotopic (exact) mass is 470 g/mol. The van der Waals surface area contributed by atoms with Crippen LogP contribution in [0.1, 0.15) is 22.7 Å². The molecule has 174 valence electrons. The summed E-state index contributed by atoms with van der Waals surface area (Å²) in [5, 5.41) is 13.8. The molecule has 2 aliphatic rings. The summed E-state index contributed by atoms with van der Waals surface area (Å²) >= 11 is 6.22. The molecule has 4 rings (SSSR count). The molecule has 2 aliphatic heterocycles. The lowest BCUT2D eigenvalue weighted by molar-refractivity contribution is -0.907. The molecule has 2 saturated heterocycles. The molecule has 0 aromatic heterocycles. The van der Waals surface area contributed by atoms with E-state index in [9.17, 15) is 14.7 Å². The van der Waals surface area contributed by atoms with E-state index < -0.39 is 23.5 Å². The first-order valence-electron chi connectivity index (χ1n) is 11.0. The quantitative estimate of drug-likeness (QED) is 0.383. The Morgan fingerprint density at radius 1 is 1.18 bits per heavy atom. The molecule has 0 radical (unpaired) electrons. The lowest BCUT2D eigenvalue weighted by atomic mass is 9.94. The van der Waals surface area contributed by atoms with E-state index >= 15 is 0 Å². The van der Waals surface area contributed by atoms with Crippen LogP contribution in [0.2, 0.25) is 5.02 Å². The SMILES string of the molecule is COc1ccc(C([O-])=C2C(=O)C(=O)N(CC[NH+]3CCOCC3)C2c2ccc(C)cc2)cc1Cl. The number of amides is 1. The molecule has 1 unspecified atom stereocenters. The van der Waals surface area contributed by atoms with Gasteiger partial charge in [0.05, 0.1) is 44.5 Å². The van der Waals surface area contributed by atoms with Crippen LogP contribution in [0.5, 0.6) is 5.75 Å². The van der Waals surface area contributed by atoms with Gasteiger partial charge in [0.25, 0.3) is 5.91 Å².